The molecule has 0 spiro atoms. The lowest BCUT2D eigenvalue weighted by Gasteiger charge is -2.29. The van der Waals surface area contributed by atoms with Crippen molar-refractivity contribution in [3.63, 3.8) is 0 Å². The van der Waals surface area contributed by atoms with Crippen molar-refractivity contribution in [2.75, 3.05) is 0 Å². The molecule has 0 fully saturated rings. The van der Waals surface area contributed by atoms with E-state index < -0.39 is 0 Å². The number of rotatable bonds is 3. The highest BCUT2D eigenvalue weighted by molar-refractivity contribution is 5.86. The van der Waals surface area contributed by atoms with Gasteiger partial charge in [0.2, 0.25) is 0 Å². The van der Waals surface area contributed by atoms with Gasteiger partial charge in [-0.25, -0.2) is 0 Å². The number of aromatic nitrogens is 1. The third-order valence-corrected chi connectivity index (χ3v) is 5.26. The van der Waals surface area contributed by atoms with Crippen LogP contribution < -0.4 is 5.32 Å². The third kappa shape index (κ3) is 2.85. The molecule has 3 heteroatoms. The molecule has 0 unspecified atom stereocenters. The van der Waals surface area contributed by atoms with Gasteiger partial charge in [-0.05, 0) is 43.4 Å². The van der Waals surface area contributed by atoms with Crippen LogP contribution >= 0.6 is 12.4 Å². The van der Waals surface area contributed by atoms with E-state index in [0.717, 1.165) is 0 Å². The molecule has 24 heavy (non-hydrogen) atoms. The summed E-state index contributed by atoms with van der Waals surface area (Å²) in [7, 11) is 2.22. The van der Waals surface area contributed by atoms with E-state index in [-0.39, 0.29) is 12.4 Å². The summed E-state index contributed by atoms with van der Waals surface area (Å²) in [5.41, 5.74) is 5.75. The van der Waals surface area contributed by atoms with Gasteiger partial charge >= 0.3 is 0 Å². The number of halogens is 1. The van der Waals surface area contributed by atoms with Crippen LogP contribution in [0.5, 0.6) is 0 Å². The van der Waals surface area contributed by atoms with Crippen molar-refractivity contribution in [2.24, 2.45) is 7.05 Å². The van der Waals surface area contributed by atoms with Gasteiger partial charge < -0.3 is 9.88 Å². The maximum absolute atomic E-state index is 3.87. The molecule has 0 amide bonds. The quantitative estimate of drug-likeness (QED) is 0.682. The molecule has 0 radical (unpaired) electrons. The van der Waals surface area contributed by atoms with E-state index in [1.54, 1.807) is 5.56 Å². The normalized spacial score (nSPS) is 18.0. The fraction of sp³-hybridized carbons (Fsp3) is 0.333. The van der Waals surface area contributed by atoms with Crippen LogP contribution in [0.25, 0.3) is 10.9 Å². The first kappa shape index (κ1) is 17.1. The maximum Gasteiger partial charge on any atom is 0.0483 e. The van der Waals surface area contributed by atoms with Gasteiger partial charge in [0.15, 0.2) is 0 Å². The van der Waals surface area contributed by atoms with Crippen LogP contribution in [-0.2, 0) is 13.5 Å². The van der Waals surface area contributed by atoms with Crippen molar-refractivity contribution >= 4 is 23.3 Å². The number of nitrogens with zero attached hydrogens (tertiary/aromatic N) is 1. The summed E-state index contributed by atoms with van der Waals surface area (Å²) in [6, 6.07) is 20.4. The topological polar surface area (TPSA) is 17.0 Å². The van der Waals surface area contributed by atoms with Crippen LogP contribution in [-0.4, -0.2) is 4.57 Å². The van der Waals surface area contributed by atoms with Crippen molar-refractivity contribution < 1.29 is 0 Å². The minimum atomic E-state index is 0. The van der Waals surface area contributed by atoms with Gasteiger partial charge in [0, 0.05) is 35.7 Å². The first-order valence-electron chi connectivity index (χ1n) is 8.63. The molecule has 1 aromatic heterocycles. The Hall–Kier alpha value is -1.77. The van der Waals surface area contributed by atoms with Crippen LogP contribution in [0.15, 0.2) is 54.6 Å². The van der Waals surface area contributed by atoms with E-state index in [1.165, 1.54) is 41.4 Å². The van der Waals surface area contributed by atoms with E-state index in [0.29, 0.717) is 12.1 Å². The first-order chi connectivity index (χ1) is 11.3. The Morgan fingerprint density at radius 2 is 1.75 bits per heavy atom. The first-order valence-corrected chi connectivity index (χ1v) is 8.63. The molecule has 2 atom stereocenters. The number of para-hydroxylation sites is 1. The Labute approximate surface area is 150 Å². The van der Waals surface area contributed by atoms with Crippen LogP contribution in [0.1, 0.15) is 48.7 Å². The molecule has 3 aromatic rings. The molecule has 1 aliphatic carbocycles. The highest BCUT2D eigenvalue weighted by Crippen LogP contribution is 2.37. The van der Waals surface area contributed by atoms with E-state index in [4.69, 9.17) is 0 Å². The summed E-state index contributed by atoms with van der Waals surface area (Å²) < 4.78 is 2.40. The summed E-state index contributed by atoms with van der Waals surface area (Å²) in [5, 5.41) is 5.31. The highest BCUT2D eigenvalue weighted by Gasteiger charge is 2.27. The molecular weight excluding hydrogens is 316 g/mol. The average molecular weight is 341 g/mol. The van der Waals surface area contributed by atoms with Crippen molar-refractivity contribution in [2.45, 2.75) is 38.3 Å². The molecule has 2 nitrogen and oxygen atoms in total. The fourth-order valence-electron chi connectivity index (χ4n) is 4.12. The second-order valence-corrected chi connectivity index (χ2v) is 6.68. The zero-order valence-corrected chi connectivity index (χ0v) is 15.1. The molecule has 0 aliphatic heterocycles. The van der Waals surface area contributed by atoms with Crippen LogP contribution in [0.3, 0.4) is 0 Å². The predicted molar refractivity (Wildman–Crippen MR) is 104 cm³/mol. The zero-order valence-electron chi connectivity index (χ0n) is 14.3. The maximum atomic E-state index is 3.87. The lowest BCUT2D eigenvalue weighted by molar-refractivity contribution is 0.401. The van der Waals surface area contributed by atoms with E-state index in [9.17, 15) is 0 Å². The Bertz CT molecular complexity index is 822. The molecule has 0 bridgehead atoms. The van der Waals surface area contributed by atoms with Gasteiger partial charge in [-0.1, -0.05) is 48.5 Å². The van der Waals surface area contributed by atoms with Gasteiger partial charge in [0.25, 0.3) is 0 Å². The minimum Gasteiger partial charge on any atom is -0.346 e. The van der Waals surface area contributed by atoms with Gasteiger partial charge in [-0.2, -0.15) is 0 Å². The molecular formula is C21H25ClN2. The number of benzene rings is 2. The second kappa shape index (κ2) is 7.00. The number of fused-ring (bicyclic) bond motifs is 3. The number of hydrogen-bond acceptors (Lipinski definition) is 1. The Morgan fingerprint density at radius 3 is 2.54 bits per heavy atom. The molecule has 0 saturated carbocycles. The Balaban J connectivity index is 0.00000169. The second-order valence-electron chi connectivity index (χ2n) is 6.68. The van der Waals surface area contributed by atoms with Gasteiger partial charge in [0.1, 0.15) is 0 Å². The number of hydrogen-bond donors (Lipinski definition) is 1. The van der Waals surface area contributed by atoms with Crippen LogP contribution in [0.4, 0.5) is 0 Å². The summed E-state index contributed by atoms with van der Waals surface area (Å²) in [6.45, 7) is 2.27. The molecule has 126 valence electrons. The van der Waals surface area contributed by atoms with Crippen LogP contribution in [0, 0.1) is 0 Å². The lowest BCUT2D eigenvalue weighted by Crippen LogP contribution is -2.29. The average Bonchev–Trinajstić information content (AvgIpc) is 2.90. The Morgan fingerprint density at radius 1 is 1.04 bits per heavy atom. The smallest absolute Gasteiger partial charge is 0.0483 e. The van der Waals surface area contributed by atoms with Gasteiger partial charge in [0.05, 0.1) is 0 Å². The summed E-state index contributed by atoms with van der Waals surface area (Å²) >= 11 is 0. The number of aryl methyl sites for hydroxylation is 2. The summed E-state index contributed by atoms with van der Waals surface area (Å²) in [5.74, 6) is 0. The van der Waals surface area contributed by atoms with Gasteiger partial charge in [-0.15, -0.1) is 12.4 Å². The molecule has 2 aromatic carbocycles. The number of nitrogens with one attached hydrogen (secondary N) is 1. The standard InChI is InChI=1S/C21H24N2.ClH/c1-15(16-9-4-3-5-10-16)22-19-13-8-12-18-17-11-6-7-14-20(17)23(2)21(18)19;/h3-7,9-11,14-15,19,22H,8,12-13H2,1-2H3;1H/t15-,19-;/m1./s1. The molecule has 1 heterocycles. The minimum absolute atomic E-state index is 0. The van der Waals surface area contributed by atoms with Crippen molar-refractivity contribution in [1.82, 2.24) is 9.88 Å². The summed E-state index contributed by atoms with van der Waals surface area (Å²) in [4.78, 5) is 0. The largest absolute Gasteiger partial charge is 0.346 e. The third-order valence-electron chi connectivity index (χ3n) is 5.26. The fourth-order valence-corrected chi connectivity index (χ4v) is 4.12. The molecule has 0 saturated heterocycles. The zero-order chi connectivity index (χ0) is 15.8. The lowest BCUT2D eigenvalue weighted by atomic mass is 9.90. The van der Waals surface area contributed by atoms with Gasteiger partial charge in [-0.3, -0.25) is 0 Å². The molecule has 1 N–H and O–H groups in total. The van der Waals surface area contributed by atoms with E-state index in [1.807, 2.05) is 0 Å². The van der Waals surface area contributed by atoms with E-state index >= 15 is 0 Å². The summed E-state index contributed by atoms with van der Waals surface area (Å²) in [6.07, 6.45) is 3.68. The molecule has 1 aliphatic rings. The SMILES string of the molecule is C[C@@H](N[C@@H]1CCCc2c1n(C)c1ccccc21)c1ccccc1.Cl. The van der Waals surface area contributed by atoms with Crippen molar-refractivity contribution in [1.29, 1.82) is 0 Å². The monoisotopic (exact) mass is 340 g/mol. The Kier molecular flexibility index (Phi) is 4.98. The van der Waals surface area contributed by atoms with Crippen molar-refractivity contribution in [3.8, 4) is 0 Å². The van der Waals surface area contributed by atoms with Crippen molar-refractivity contribution in [3.05, 3.63) is 71.4 Å². The predicted octanol–water partition coefficient (Wildman–Crippen LogP) is 5.33. The van der Waals surface area contributed by atoms with E-state index in [2.05, 4.69) is 78.5 Å². The molecule has 4 rings (SSSR count). The van der Waals surface area contributed by atoms with Crippen LogP contribution in [0.2, 0.25) is 0 Å². The highest BCUT2D eigenvalue weighted by atomic mass is 35.5.